The number of hydrogen-bond acceptors (Lipinski definition) is 5. The Labute approximate surface area is 169 Å². The smallest absolute Gasteiger partial charge is 0.237 e. The number of aryl methyl sites for hydroxylation is 3. The minimum absolute atomic E-state index is 0.122. The number of carbonyl (C=O) groups is 1. The van der Waals surface area contributed by atoms with E-state index in [1.807, 2.05) is 46.5 Å². The second kappa shape index (κ2) is 5.87. The molecule has 0 saturated carbocycles. The molecule has 1 aliphatic carbocycles. The fourth-order valence-corrected chi connectivity index (χ4v) is 5.73. The predicted molar refractivity (Wildman–Crippen MR) is 113 cm³/mol. The van der Waals surface area contributed by atoms with Crippen molar-refractivity contribution in [2.75, 3.05) is 0 Å². The standard InChI is InChI=1S/C21H18N6OS/c1-11-23-21-18(13-6-4-8-16(13)29-21)20-24-19(25-27(11)20)14-9-26(10-17(22)28)15-7-3-2-5-12(14)15/h2-3,5,7,9H,4,6,8,10H2,1H3,(H2,22,28). The molecule has 0 bridgehead atoms. The van der Waals surface area contributed by atoms with E-state index in [1.165, 1.54) is 16.9 Å². The fraction of sp³-hybridized carbons (Fsp3) is 0.238. The molecule has 0 radical (unpaired) electrons. The third-order valence-electron chi connectivity index (χ3n) is 5.66. The summed E-state index contributed by atoms with van der Waals surface area (Å²) < 4.78 is 3.71. The van der Waals surface area contributed by atoms with E-state index in [9.17, 15) is 4.79 Å². The van der Waals surface area contributed by atoms with Gasteiger partial charge in [-0.05, 0) is 37.8 Å². The number of nitrogens with two attached hydrogens (primary N) is 1. The molecule has 1 aliphatic rings. The Morgan fingerprint density at radius 3 is 2.97 bits per heavy atom. The molecule has 0 fully saturated rings. The van der Waals surface area contributed by atoms with Crippen LogP contribution in [-0.2, 0) is 24.2 Å². The molecule has 0 spiro atoms. The first-order chi connectivity index (χ1) is 14.1. The van der Waals surface area contributed by atoms with Gasteiger partial charge in [-0.25, -0.2) is 9.97 Å². The van der Waals surface area contributed by atoms with Crippen LogP contribution in [0.1, 0.15) is 22.7 Å². The highest BCUT2D eigenvalue weighted by Crippen LogP contribution is 2.39. The van der Waals surface area contributed by atoms with Crippen molar-refractivity contribution in [1.29, 1.82) is 0 Å². The van der Waals surface area contributed by atoms with Crippen LogP contribution in [0.2, 0.25) is 0 Å². The molecule has 1 aromatic carbocycles. The van der Waals surface area contributed by atoms with Crippen molar-refractivity contribution in [2.24, 2.45) is 5.73 Å². The van der Waals surface area contributed by atoms with Crippen LogP contribution in [0.15, 0.2) is 30.5 Å². The Morgan fingerprint density at radius 2 is 2.10 bits per heavy atom. The maximum Gasteiger partial charge on any atom is 0.237 e. The number of aromatic nitrogens is 5. The van der Waals surface area contributed by atoms with Crippen LogP contribution in [0.5, 0.6) is 0 Å². The molecule has 144 valence electrons. The number of nitrogens with zero attached hydrogens (tertiary/aromatic N) is 5. The molecule has 4 aromatic heterocycles. The highest BCUT2D eigenvalue weighted by molar-refractivity contribution is 7.19. The lowest BCUT2D eigenvalue weighted by Crippen LogP contribution is -2.17. The first kappa shape index (κ1) is 16.7. The number of rotatable bonds is 3. The van der Waals surface area contributed by atoms with Gasteiger partial charge >= 0.3 is 0 Å². The number of carbonyl (C=O) groups excluding carboxylic acids is 1. The second-order valence-electron chi connectivity index (χ2n) is 7.52. The molecule has 1 amide bonds. The maximum atomic E-state index is 11.5. The van der Waals surface area contributed by atoms with E-state index >= 15 is 0 Å². The van der Waals surface area contributed by atoms with Gasteiger partial charge in [0.1, 0.15) is 17.2 Å². The number of benzene rings is 1. The number of thiophene rings is 1. The molecule has 0 aliphatic heterocycles. The van der Waals surface area contributed by atoms with Gasteiger partial charge in [-0.3, -0.25) is 4.79 Å². The number of para-hydroxylation sites is 1. The van der Waals surface area contributed by atoms with Crippen LogP contribution in [0.4, 0.5) is 0 Å². The minimum Gasteiger partial charge on any atom is -0.368 e. The number of primary amides is 1. The van der Waals surface area contributed by atoms with Crippen molar-refractivity contribution in [3.8, 4) is 11.4 Å². The predicted octanol–water partition coefficient (Wildman–Crippen LogP) is 3.24. The first-order valence-electron chi connectivity index (χ1n) is 9.64. The molecule has 5 aromatic rings. The van der Waals surface area contributed by atoms with E-state index in [-0.39, 0.29) is 12.5 Å². The zero-order chi connectivity index (χ0) is 19.7. The molecule has 2 N–H and O–H groups in total. The van der Waals surface area contributed by atoms with Crippen LogP contribution >= 0.6 is 11.3 Å². The summed E-state index contributed by atoms with van der Waals surface area (Å²) in [4.78, 5) is 23.8. The van der Waals surface area contributed by atoms with Crippen molar-refractivity contribution >= 4 is 44.0 Å². The first-order valence-corrected chi connectivity index (χ1v) is 10.5. The van der Waals surface area contributed by atoms with Crippen LogP contribution in [0.25, 0.3) is 38.2 Å². The Kier molecular flexibility index (Phi) is 3.37. The van der Waals surface area contributed by atoms with E-state index in [0.29, 0.717) is 5.82 Å². The van der Waals surface area contributed by atoms with E-state index in [4.69, 9.17) is 20.8 Å². The van der Waals surface area contributed by atoms with Crippen LogP contribution in [0, 0.1) is 6.92 Å². The van der Waals surface area contributed by atoms with Gasteiger partial charge in [-0.2, -0.15) is 4.52 Å². The lowest BCUT2D eigenvalue weighted by molar-refractivity contribution is -0.118. The molecule has 0 saturated heterocycles. The molecule has 29 heavy (non-hydrogen) atoms. The van der Waals surface area contributed by atoms with Crippen LogP contribution < -0.4 is 5.73 Å². The Balaban J connectivity index is 1.64. The number of fused-ring (bicyclic) bond motifs is 6. The van der Waals surface area contributed by atoms with Crippen molar-refractivity contribution < 1.29 is 4.79 Å². The van der Waals surface area contributed by atoms with Gasteiger partial charge in [0.25, 0.3) is 0 Å². The molecular formula is C21H18N6OS. The van der Waals surface area contributed by atoms with E-state index in [1.54, 1.807) is 11.3 Å². The van der Waals surface area contributed by atoms with E-state index < -0.39 is 0 Å². The van der Waals surface area contributed by atoms with E-state index in [2.05, 4.69) is 0 Å². The van der Waals surface area contributed by atoms with Crippen molar-refractivity contribution in [3.63, 3.8) is 0 Å². The van der Waals surface area contributed by atoms with Crippen molar-refractivity contribution in [2.45, 2.75) is 32.7 Å². The lowest BCUT2D eigenvalue weighted by atomic mass is 10.1. The summed E-state index contributed by atoms with van der Waals surface area (Å²) in [5.41, 5.74) is 9.54. The summed E-state index contributed by atoms with van der Waals surface area (Å²) >= 11 is 1.79. The largest absolute Gasteiger partial charge is 0.368 e. The van der Waals surface area contributed by atoms with Gasteiger partial charge in [0, 0.05) is 27.5 Å². The second-order valence-corrected chi connectivity index (χ2v) is 8.61. The molecule has 6 rings (SSSR count). The van der Waals surface area contributed by atoms with Crippen molar-refractivity contribution in [1.82, 2.24) is 24.1 Å². The Bertz CT molecular complexity index is 1460. The van der Waals surface area contributed by atoms with Crippen LogP contribution in [-0.4, -0.2) is 30.1 Å². The molecular weight excluding hydrogens is 384 g/mol. The SMILES string of the molecule is Cc1nc2sc3c(c2c2nc(-c4cn(CC(N)=O)c5ccccc45)nn12)CCC3. The van der Waals surface area contributed by atoms with Gasteiger partial charge in [0.05, 0.1) is 5.39 Å². The van der Waals surface area contributed by atoms with Gasteiger partial charge in [0.2, 0.25) is 5.91 Å². The fourth-order valence-electron chi connectivity index (χ4n) is 4.43. The third kappa shape index (κ3) is 2.35. The molecule has 8 heteroatoms. The van der Waals surface area contributed by atoms with Gasteiger partial charge in [-0.1, -0.05) is 18.2 Å². The quantitative estimate of drug-likeness (QED) is 0.501. The summed E-state index contributed by atoms with van der Waals surface area (Å²) in [5, 5.41) is 6.95. The van der Waals surface area contributed by atoms with Gasteiger partial charge < -0.3 is 10.3 Å². The van der Waals surface area contributed by atoms with E-state index in [0.717, 1.165) is 51.0 Å². The summed E-state index contributed by atoms with van der Waals surface area (Å²) in [5.74, 6) is 1.09. The average molecular weight is 402 g/mol. The summed E-state index contributed by atoms with van der Waals surface area (Å²) in [6, 6.07) is 7.94. The summed E-state index contributed by atoms with van der Waals surface area (Å²) in [6.45, 7) is 2.09. The zero-order valence-electron chi connectivity index (χ0n) is 15.8. The third-order valence-corrected chi connectivity index (χ3v) is 6.84. The monoisotopic (exact) mass is 402 g/mol. The molecule has 7 nitrogen and oxygen atoms in total. The summed E-state index contributed by atoms with van der Waals surface area (Å²) in [6.07, 6.45) is 5.32. The number of hydrogen-bond donors (Lipinski definition) is 1. The van der Waals surface area contributed by atoms with Crippen LogP contribution in [0.3, 0.4) is 0 Å². The minimum atomic E-state index is -0.379. The van der Waals surface area contributed by atoms with Gasteiger partial charge in [-0.15, -0.1) is 16.4 Å². The number of amides is 1. The molecule has 0 atom stereocenters. The maximum absolute atomic E-state index is 11.5. The van der Waals surface area contributed by atoms with Crippen molar-refractivity contribution in [3.05, 3.63) is 46.7 Å². The Morgan fingerprint density at radius 1 is 1.24 bits per heavy atom. The zero-order valence-corrected chi connectivity index (χ0v) is 16.7. The topological polar surface area (TPSA) is 91.1 Å². The highest BCUT2D eigenvalue weighted by Gasteiger charge is 2.24. The Hall–Kier alpha value is -3.26. The molecule has 4 heterocycles. The lowest BCUT2D eigenvalue weighted by Gasteiger charge is -2.00. The summed E-state index contributed by atoms with van der Waals surface area (Å²) in [7, 11) is 0. The van der Waals surface area contributed by atoms with Gasteiger partial charge in [0.15, 0.2) is 11.5 Å². The normalized spacial score (nSPS) is 13.7. The highest BCUT2D eigenvalue weighted by atomic mass is 32.1. The molecule has 0 unspecified atom stereocenters. The average Bonchev–Trinajstić information content (AvgIpc) is 3.43.